The SMILES string of the molecule is Cl.Cl.NCCc1ccc(Cl)cc1CNC(=O)Cn1c(Cl)cnc(NCC(F)(F)c2cccc[n+]2[O-])c1=O. The van der Waals surface area contributed by atoms with Crippen LogP contribution in [-0.4, -0.2) is 28.5 Å². The van der Waals surface area contributed by atoms with Crippen LogP contribution >= 0.6 is 48.0 Å². The minimum absolute atomic E-state index is 0. The first-order valence-corrected chi connectivity index (χ1v) is 11.2. The van der Waals surface area contributed by atoms with E-state index in [0.29, 0.717) is 18.0 Å². The summed E-state index contributed by atoms with van der Waals surface area (Å²) in [5, 5.41) is 16.9. The fourth-order valence-corrected chi connectivity index (χ4v) is 3.66. The molecule has 0 bridgehead atoms. The Labute approximate surface area is 233 Å². The van der Waals surface area contributed by atoms with Gasteiger partial charge in [0.2, 0.25) is 5.91 Å². The van der Waals surface area contributed by atoms with Crippen LogP contribution < -0.4 is 26.7 Å². The van der Waals surface area contributed by atoms with Crippen LogP contribution in [0.15, 0.2) is 53.6 Å². The number of carbonyl (C=O) groups excluding carboxylic acids is 1. The van der Waals surface area contributed by atoms with Crippen molar-refractivity contribution in [2.45, 2.75) is 25.4 Å². The highest BCUT2D eigenvalue weighted by molar-refractivity contribution is 6.30. The Bertz CT molecular complexity index is 1280. The van der Waals surface area contributed by atoms with Crippen LogP contribution in [0.4, 0.5) is 14.6 Å². The predicted octanol–water partition coefficient (Wildman–Crippen LogP) is 3.05. The van der Waals surface area contributed by atoms with Crippen molar-refractivity contribution in [2.24, 2.45) is 5.73 Å². The fraction of sp³-hybridized carbons (Fsp3) is 0.273. The summed E-state index contributed by atoms with van der Waals surface area (Å²) in [7, 11) is 0. The molecule has 1 aromatic carbocycles. The Morgan fingerprint density at radius 1 is 1.19 bits per heavy atom. The number of pyridine rings is 1. The average Bonchev–Trinajstić information content (AvgIpc) is 2.81. The van der Waals surface area contributed by atoms with Crippen molar-refractivity contribution in [1.29, 1.82) is 0 Å². The van der Waals surface area contributed by atoms with Gasteiger partial charge in [0.05, 0.1) is 12.7 Å². The molecule has 0 unspecified atom stereocenters. The number of benzene rings is 1. The highest BCUT2D eigenvalue weighted by Gasteiger charge is 2.39. The van der Waals surface area contributed by atoms with E-state index in [4.69, 9.17) is 28.9 Å². The summed E-state index contributed by atoms with van der Waals surface area (Å²) in [6.07, 6.45) is 2.59. The molecule has 1 amide bonds. The van der Waals surface area contributed by atoms with Crippen LogP contribution in [0.5, 0.6) is 0 Å². The Kier molecular flexibility index (Phi) is 12.5. The molecule has 0 aliphatic rings. The number of rotatable bonds is 10. The van der Waals surface area contributed by atoms with Gasteiger partial charge in [-0.3, -0.25) is 14.2 Å². The lowest BCUT2D eigenvalue weighted by atomic mass is 10.0. The van der Waals surface area contributed by atoms with E-state index in [9.17, 15) is 23.6 Å². The van der Waals surface area contributed by atoms with Gasteiger partial charge in [0.1, 0.15) is 11.7 Å². The molecular formula is C22H24Cl4F2N6O3. The molecule has 37 heavy (non-hydrogen) atoms. The van der Waals surface area contributed by atoms with Gasteiger partial charge in [-0.25, -0.2) is 4.98 Å². The second-order valence-electron chi connectivity index (χ2n) is 7.52. The van der Waals surface area contributed by atoms with Gasteiger partial charge in [0.15, 0.2) is 12.0 Å². The largest absolute Gasteiger partial charge is 0.618 e. The fourth-order valence-electron chi connectivity index (χ4n) is 3.28. The first-order valence-electron chi connectivity index (χ1n) is 10.4. The van der Waals surface area contributed by atoms with Crippen molar-refractivity contribution < 1.29 is 18.3 Å². The number of hydrogen-bond acceptors (Lipinski definition) is 6. The van der Waals surface area contributed by atoms with Crippen molar-refractivity contribution in [3.05, 3.63) is 91.3 Å². The van der Waals surface area contributed by atoms with Crippen molar-refractivity contribution in [3.8, 4) is 0 Å². The van der Waals surface area contributed by atoms with Crippen molar-refractivity contribution in [1.82, 2.24) is 14.9 Å². The molecule has 0 radical (unpaired) electrons. The van der Waals surface area contributed by atoms with Crippen molar-refractivity contribution in [3.63, 3.8) is 0 Å². The summed E-state index contributed by atoms with van der Waals surface area (Å²) in [5.74, 6) is -4.60. The first kappa shape index (κ1) is 32.3. The minimum Gasteiger partial charge on any atom is -0.618 e. The normalized spacial score (nSPS) is 10.7. The Morgan fingerprint density at radius 2 is 1.92 bits per heavy atom. The first-order chi connectivity index (χ1) is 16.6. The molecule has 202 valence electrons. The third kappa shape index (κ3) is 8.41. The molecule has 2 heterocycles. The van der Waals surface area contributed by atoms with Crippen LogP contribution in [0.2, 0.25) is 10.2 Å². The lowest BCUT2D eigenvalue weighted by molar-refractivity contribution is -0.624. The summed E-state index contributed by atoms with van der Waals surface area (Å²) in [6, 6.07) is 8.84. The number of amides is 1. The molecule has 0 spiro atoms. The number of halogens is 6. The van der Waals surface area contributed by atoms with Gasteiger partial charge >= 0.3 is 5.92 Å². The number of anilines is 1. The van der Waals surface area contributed by atoms with Crippen LogP contribution in [0.1, 0.15) is 16.8 Å². The number of nitrogens with two attached hydrogens (primary N) is 1. The average molecular weight is 600 g/mol. The molecule has 0 saturated carbocycles. The summed E-state index contributed by atoms with van der Waals surface area (Å²) in [4.78, 5) is 29.0. The maximum Gasteiger partial charge on any atom is 0.347 e. The molecule has 3 aromatic rings. The Hall–Kier alpha value is -2.70. The molecule has 2 aromatic heterocycles. The van der Waals surface area contributed by atoms with Gasteiger partial charge in [-0.2, -0.15) is 13.5 Å². The number of carbonyl (C=O) groups is 1. The van der Waals surface area contributed by atoms with E-state index >= 15 is 0 Å². The van der Waals surface area contributed by atoms with Crippen LogP contribution in [0.25, 0.3) is 0 Å². The Morgan fingerprint density at radius 3 is 2.59 bits per heavy atom. The summed E-state index contributed by atoms with van der Waals surface area (Å²) < 4.78 is 29.9. The third-order valence-corrected chi connectivity index (χ3v) is 5.58. The zero-order valence-corrected chi connectivity index (χ0v) is 22.3. The van der Waals surface area contributed by atoms with E-state index in [1.165, 1.54) is 12.1 Å². The molecule has 3 rings (SSSR count). The molecule has 0 aliphatic carbocycles. The third-order valence-electron chi connectivity index (χ3n) is 5.04. The second-order valence-corrected chi connectivity index (χ2v) is 8.34. The van der Waals surface area contributed by atoms with Gasteiger partial charge in [0.25, 0.3) is 11.3 Å². The maximum absolute atomic E-state index is 14.5. The predicted molar refractivity (Wildman–Crippen MR) is 142 cm³/mol. The van der Waals surface area contributed by atoms with Crippen LogP contribution in [0.3, 0.4) is 0 Å². The molecule has 15 heteroatoms. The standard InChI is InChI=1S/C22H22Cl2F2N6O3.2ClH/c23-16-5-4-14(6-7-27)15(9-16)10-28-19(33)12-31-18(24)11-29-20(21(31)34)30-13-22(25,26)17-3-1-2-8-32(17)35;;/h1-5,8-9,11H,6-7,10,12-13,27H2,(H,28,33)(H,29,30);2*1H. The van der Waals surface area contributed by atoms with Gasteiger partial charge in [-0.05, 0) is 42.3 Å². The van der Waals surface area contributed by atoms with Crippen molar-refractivity contribution >= 4 is 59.7 Å². The van der Waals surface area contributed by atoms with Crippen molar-refractivity contribution in [2.75, 3.05) is 18.4 Å². The molecule has 0 aliphatic heterocycles. The molecule has 9 nitrogen and oxygen atoms in total. The smallest absolute Gasteiger partial charge is 0.347 e. The van der Waals surface area contributed by atoms with E-state index < -0.39 is 42.0 Å². The monoisotopic (exact) mass is 598 g/mol. The Balaban J connectivity index is 0.00000342. The number of hydrogen-bond donors (Lipinski definition) is 3. The number of nitrogens with one attached hydrogen (secondary N) is 2. The van der Waals surface area contributed by atoms with Gasteiger partial charge in [0, 0.05) is 23.7 Å². The highest BCUT2D eigenvalue weighted by Crippen LogP contribution is 2.25. The lowest BCUT2D eigenvalue weighted by Gasteiger charge is -2.17. The minimum atomic E-state index is -3.60. The zero-order valence-electron chi connectivity index (χ0n) is 19.1. The highest BCUT2D eigenvalue weighted by atomic mass is 35.5. The molecule has 0 fully saturated rings. The van der Waals surface area contributed by atoms with E-state index in [1.807, 2.05) is 6.07 Å². The second kappa shape index (κ2) is 14.3. The van der Waals surface area contributed by atoms with Gasteiger partial charge < -0.3 is 21.6 Å². The summed E-state index contributed by atoms with van der Waals surface area (Å²) in [6.45, 7) is -1.00. The van der Waals surface area contributed by atoms with E-state index in [0.717, 1.165) is 34.2 Å². The summed E-state index contributed by atoms with van der Waals surface area (Å²) in [5.41, 5.74) is 5.63. The van der Waals surface area contributed by atoms with Crippen LogP contribution in [-0.2, 0) is 30.2 Å². The van der Waals surface area contributed by atoms with E-state index in [1.54, 1.807) is 12.1 Å². The number of alkyl halides is 2. The quantitative estimate of drug-likeness (QED) is 0.243. The van der Waals surface area contributed by atoms with Gasteiger partial charge in [-0.1, -0.05) is 29.3 Å². The zero-order chi connectivity index (χ0) is 25.6. The molecule has 4 N–H and O–H groups in total. The number of nitrogens with zero attached hydrogens (tertiary/aromatic N) is 3. The summed E-state index contributed by atoms with van der Waals surface area (Å²) >= 11 is 12.1. The maximum atomic E-state index is 14.5. The van der Waals surface area contributed by atoms with E-state index in [-0.39, 0.29) is 41.2 Å². The van der Waals surface area contributed by atoms with Gasteiger partial charge in [-0.15, -0.1) is 24.8 Å². The van der Waals surface area contributed by atoms with Crippen LogP contribution in [0, 0.1) is 5.21 Å². The van der Waals surface area contributed by atoms with E-state index in [2.05, 4.69) is 15.6 Å². The number of aromatic nitrogens is 3. The molecule has 0 saturated heterocycles. The molecule has 0 atom stereocenters. The lowest BCUT2D eigenvalue weighted by Crippen LogP contribution is -2.41. The topological polar surface area (TPSA) is 129 Å². The molecular weight excluding hydrogens is 576 g/mol.